The van der Waals surface area contributed by atoms with Gasteiger partial charge in [0.1, 0.15) is 0 Å². The van der Waals surface area contributed by atoms with Crippen molar-refractivity contribution < 1.29 is 21.2 Å². The van der Waals surface area contributed by atoms with Crippen LogP contribution in [0.5, 0.6) is 0 Å². The normalized spacial score (nSPS) is 12.3. The molecule has 3 rings (SSSR count). The van der Waals surface area contributed by atoms with Gasteiger partial charge in [-0.3, -0.25) is 0 Å². The summed E-state index contributed by atoms with van der Waals surface area (Å²) in [7, 11) is 0. The molecule has 0 spiro atoms. The Kier molecular flexibility index (Phi) is 35.0. The van der Waals surface area contributed by atoms with Crippen molar-refractivity contribution in [1.82, 2.24) is 0 Å². The van der Waals surface area contributed by atoms with Crippen LogP contribution in [0, 0.1) is 13.8 Å². The molecule has 0 aromatic heterocycles. The molecule has 0 amide bonds. The van der Waals surface area contributed by atoms with Crippen LogP contribution < -0.4 is 0 Å². The van der Waals surface area contributed by atoms with Gasteiger partial charge in [0.2, 0.25) is 11.4 Å². The zero-order chi connectivity index (χ0) is 39.7. The average Bonchev–Trinajstić information content (AvgIpc) is 3.47. The average molecular weight is 798 g/mol. The Labute approximate surface area is 353 Å². The van der Waals surface area contributed by atoms with E-state index in [1.54, 1.807) is 4.70 Å². The molecule has 2 nitrogen and oxygen atoms in total. The third kappa shape index (κ3) is 22.5. The number of allylic oxidation sites excluding steroid dienone is 2. The van der Waals surface area contributed by atoms with Crippen LogP contribution in [0.4, 0.5) is 0 Å². The maximum absolute atomic E-state index is 11.9. The molecule has 0 saturated heterocycles. The largest absolute Gasteiger partial charge is 2.00 e. The maximum Gasteiger partial charge on any atom is 2.00 e. The summed E-state index contributed by atoms with van der Waals surface area (Å²) >= 11 is 0. The fourth-order valence-corrected chi connectivity index (χ4v) is 7.24. The second kappa shape index (κ2) is 36.4. The second-order valence-corrected chi connectivity index (χ2v) is 15.7. The van der Waals surface area contributed by atoms with E-state index < -0.39 is 0 Å². The number of rotatable bonds is 28. The molecule has 0 radical (unpaired) electrons. The van der Waals surface area contributed by atoms with Crippen molar-refractivity contribution in [1.29, 1.82) is 0 Å². The molecule has 2 aromatic rings. The molecule has 1 aliphatic rings. The molecule has 314 valence electrons. The van der Waals surface area contributed by atoms with E-state index in [4.69, 9.17) is 0 Å². The van der Waals surface area contributed by atoms with Crippen molar-refractivity contribution in [3.63, 3.8) is 0 Å². The summed E-state index contributed by atoms with van der Waals surface area (Å²) in [6, 6.07) is 18.2. The molecular weight excluding hydrogens is 711 g/mol. The molecule has 0 atom stereocenters. The first kappa shape index (κ1) is 53.0. The van der Waals surface area contributed by atoms with Crippen LogP contribution in [0.2, 0.25) is 0 Å². The summed E-state index contributed by atoms with van der Waals surface area (Å²) < 4.78 is 1.56. The van der Waals surface area contributed by atoms with E-state index in [2.05, 4.69) is 104 Å². The molecule has 3 heteroatoms. The fourth-order valence-electron chi connectivity index (χ4n) is 7.24. The van der Waals surface area contributed by atoms with Crippen LogP contribution in [-0.2, 0) is 29.3 Å². The van der Waals surface area contributed by atoms with E-state index in [1.165, 1.54) is 151 Å². The van der Waals surface area contributed by atoms with E-state index in [-0.39, 0.29) is 16.5 Å². The zero-order valence-electron chi connectivity index (χ0n) is 37.0. The first-order valence-electron chi connectivity index (χ1n) is 23.2. The van der Waals surface area contributed by atoms with Crippen molar-refractivity contribution in [2.75, 3.05) is 0 Å². The van der Waals surface area contributed by atoms with Crippen LogP contribution >= 0.6 is 0 Å². The van der Waals surface area contributed by atoms with Crippen LogP contribution in [-0.4, -0.2) is 4.70 Å². The minimum absolute atomic E-state index is 0. The van der Waals surface area contributed by atoms with Gasteiger partial charge in [0.05, 0.1) is 0 Å². The summed E-state index contributed by atoms with van der Waals surface area (Å²) in [5, 5.41) is 0. The fraction of sp³-hybridized carbons (Fsp3) is 0.654. The minimum atomic E-state index is 0. The van der Waals surface area contributed by atoms with Gasteiger partial charge in [-0.25, -0.2) is 4.70 Å². The topological polar surface area (TPSA) is 25.3 Å². The SMILES string of the molecule is CCCCCCCCC1=C(c2ccc(CCCCCC)cc2)[N+](=[N-])C(c2ccc(CCCCCC)cc2)=C1CCCC.[CH2-]CCCCC.[CH2-]CCCCC.[Ni+2]. The van der Waals surface area contributed by atoms with E-state index in [0.717, 1.165) is 73.9 Å². The predicted molar refractivity (Wildman–Crippen MR) is 243 cm³/mol. The van der Waals surface area contributed by atoms with Gasteiger partial charge in [-0.05, 0) is 86.8 Å². The Hall–Kier alpha value is -1.99. The van der Waals surface area contributed by atoms with Crippen LogP contribution in [0.1, 0.15) is 231 Å². The molecule has 0 fully saturated rings. The first-order chi connectivity index (χ1) is 26.5. The number of hydrogen-bond acceptors (Lipinski definition) is 0. The second-order valence-electron chi connectivity index (χ2n) is 15.7. The Morgan fingerprint density at radius 1 is 0.382 bits per heavy atom. The minimum Gasteiger partial charge on any atom is -0.493 e. The number of benzene rings is 2. The molecule has 0 saturated carbocycles. The van der Waals surface area contributed by atoms with E-state index in [9.17, 15) is 5.53 Å². The number of nitrogens with zero attached hydrogens (tertiary/aromatic N) is 2. The van der Waals surface area contributed by atoms with Crippen molar-refractivity contribution >= 4 is 11.4 Å². The van der Waals surface area contributed by atoms with Crippen LogP contribution in [0.25, 0.3) is 16.9 Å². The van der Waals surface area contributed by atoms with Crippen LogP contribution in [0.3, 0.4) is 0 Å². The molecule has 1 heterocycles. The first-order valence-corrected chi connectivity index (χ1v) is 23.2. The summed E-state index contributed by atoms with van der Waals surface area (Å²) in [5.74, 6) is 0. The van der Waals surface area contributed by atoms with Gasteiger partial charge in [0.15, 0.2) is 0 Å². The van der Waals surface area contributed by atoms with Gasteiger partial charge < -0.3 is 19.4 Å². The van der Waals surface area contributed by atoms with Crippen LogP contribution in [0.15, 0.2) is 59.7 Å². The Morgan fingerprint density at radius 3 is 1.02 bits per heavy atom. The molecule has 0 unspecified atom stereocenters. The van der Waals surface area contributed by atoms with Gasteiger partial charge in [0, 0.05) is 22.3 Å². The molecule has 0 N–H and O–H groups in total. The maximum atomic E-state index is 11.9. The molecule has 0 aliphatic carbocycles. The summed E-state index contributed by atoms with van der Waals surface area (Å²) in [4.78, 5) is 0. The van der Waals surface area contributed by atoms with Gasteiger partial charge in [-0.1, -0.05) is 181 Å². The summed E-state index contributed by atoms with van der Waals surface area (Å²) in [6.07, 6.45) is 34.8. The van der Waals surface area contributed by atoms with E-state index >= 15 is 0 Å². The van der Waals surface area contributed by atoms with Gasteiger partial charge >= 0.3 is 16.5 Å². The third-order valence-electron chi connectivity index (χ3n) is 10.7. The predicted octanol–water partition coefficient (Wildman–Crippen LogP) is 17.8. The summed E-state index contributed by atoms with van der Waals surface area (Å²) in [5.41, 5.74) is 21.8. The van der Waals surface area contributed by atoms with Gasteiger partial charge in [-0.2, -0.15) is 12.8 Å². The van der Waals surface area contributed by atoms with Crippen molar-refractivity contribution in [2.24, 2.45) is 0 Å². The number of aryl methyl sites for hydroxylation is 2. The molecule has 1 aliphatic heterocycles. The van der Waals surface area contributed by atoms with Crippen molar-refractivity contribution in [2.45, 2.75) is 221 Å². The standard InChI is InChI=1S/C40H60N2.2C6H13.Ni/c1-5-9-13-16-17-20-24-38-37(23-12-8-4)39(35-29-25-33(26-30-35)21-18-14-10-6-2)42(41)40(38)36-31-27-34(28-32-36)22-19-15-11-7-3;2*1-3-5-6-4-2;/h25-32H,5-24H2,1-4H3;2*1,3-6H2,2H3;/q;2*-1;+2. The number of unbranched alkanes of at least 4 members (excludes halogenated alkanes) is 18. The smallest absolute Gasteiger partial charge is 0.493 e. The van der Waals surface area contributed by atoms with E-state index in [0.29, 0.717) is 0 Å². The number of hydrogen-bond donors (Lipinski definition) is 0. The molecule has 2 aromatic carbocycles. The van der Waals surface area contributed by atoms with Gasteiger partial charge in [-0.15, -0.1) is 0 Å². The van der Waals surface area contributed by atoms with Crippen molar-refractivity contribution in [3.8, 4) is 0 Å². The van der Waals surface area contributed by atoms with Crippen molar-refractivity contribution in [3.05, 3.63) is 101 Å². The Bertz CT molecular complexity index is 1240. The third-order valence-corrected chi connectivity index (χ3v) is 10.7. The molecule has 0 bridgehead atoms. The Balaban J connectivity index is 0.00000194. The Morgan fingerprint density at radius 2 is 0.673 bits per heavy atom. The molecule has 55 heavy (non-hydrogen) atoms. The van der Waals surface area contributed by atoms with E-state index in [1.807, 2.05) is 0 Å². The zero-order valence-corrected chi connectivity index (χ0v) is 38.0. The molecular formula is C52H86N2Ni. The summed E-state index contributed by atoms with van der Waals surface area (Å²) in [6.45, 7) is 21.0. The monoisotopic (exact) mass is 797 g/mol. The van der Waals surface area contributed by atoms with Gasteiger partial charge in [0.25, 0.3) is 0 Å². The quantitative estimate of drug-likeness (QED) is 0.0355.